The van der Waals surface area contributed by atoms with Gasteiger partial charge >= 0.3 is 12.4 Å². The minimum atomic E-state index is -5.16. The van der Waals surface area contributed by atoms with Crippen molar-refractivity contribution in [3.8, 4) is 0 Å². The standard InChI is InChI=1S/C24H17Cl3F6N2O2/c25-17-8-15(7-16(19(17)26)23(28,29)30)22(24(31,32)33)9-18(34-37-22)12-3-5-14(6-4-12)21(27)10-35(11-21)20(36)13-1-2-13/h3-9,13,34H,1-2,10-11H2. The Morgan fingerprint density at radius 1 is 1.00 bits per heavy atom. The molecule has 0 spiro atoms. The molecule has 2 fully saturated rings. The van der Waals surface area contributed by atoms with E-state index in [2.05, 4.69) is 5.48 Å². The maximum atomic E-state index is 14.3. The van der Waals surface area contributed by atoms with Crippen molar-refractivity contribution in [2.75, 3.05) is 13.1 Å². The largest absolute Gasteiger partial charge is 0.428 e. The summed E-state index contributed by atoms with van der Waals surface area (Å²) in [6, 6.07) is 7.23. The van der Waals surface area contributed by atoms with E-state index in [1.807, 2.05) is 0 Å². The second-order valence-corrected chi connectivity index (χ2v) is 10.8. The number of hydrogen-bond donors (Lipinski definition) is 1. The molecule has 4 nitrogen and oxygen atoms in total. The Morgan fingerprint density at radius 3 is 2.16 bits per heavy atom. The highest BCUT2D eigenvalue weighted by atomic mass is 35.5. The first-order valence-corrected chi connectivity index (χ1v) is 12.2. The highest BCUT2D eigenvalue weighted by Gasteiger charge is 2.60. The van der Waals surface area contributed by atoms with Gasteiger partial charge in [0.15, 0.2) is 0 Å². The van der Waals surface area contributed by atoms with Crippen molar-refractivity contribution in [3.63, 3.8) is 0 Å². The van der Waals surface area contributed by atoms with Crippen LogP contribution in [0.25, 0.3) is 5.70 Å². The van der Waals surface area contributed by atoms with Gasteiger partial charge in [0, 0.05) is 24.6 Å². The van der Waals surface area contributed by atoms with Crippen molar-refractivity contribution in [3.05, 3.63) is 74.8 Å². The van der Waals surface area contributed by atoms with E-state index < -0.39 is 44.0 Å². The average Bonchev–Trinajstić information content (AvgIpc) is 3.54. The van der Waals surface area contributed by atoms with E-state index in [1.54, 1.807) is 17.0 Å². The van der Waals surface area contributed by atoms with Gasteiger partial charge in [-0.3, -0.25) is 15.1 Å². The molecule has 1 saturated carbocycles. The lowest BCUT2D eigenvalue weighted by molar-refractivity contribution is -0.269. The summed E-state index contributed by atoms with van der Waals surface area (Å²) in [5.41, 5.74) is -2.65. The molecule has 37 heavy (non-hydrogen) atoms. The zero-order valence-electron chi connectivity index (χ0n) is 18.6. The number of halogens is 9. The number of hydrogen-bond acceptors (Lipinski definition) is 3. The molecule has 198 valence electrons. The van der Waals surface area contributed by atoms with Crippen molar-refractivity contribution < 1.29 is 36.0 Å². The van der Waals surface area contributed by atoms with Crippen LogP contribution in [0.4, 0.5) is 26.3 Å². The molecular weight excluding hydrogens is 569 g/mol. The molecule has 1 unspecified atom stereocenters. The Bertz CT molecular complexity index is 1290. The van der Waals surface area contributed by atoms with Crippen LogP contribution >= 0.6 is 34.8 Å². The average molecular weight is 586 g/mol. The summed E-state index contributed by atoms with van der Waals surface area (Å²) >= 11 is 18.0. The molecule has 2 aromatic rings. The second-order valence-electron chi connectivity index (χ2n) is 9.32. The molecule has 0 radical (unpaired) electrons. The first-order valence-electron chi connectivity index (χ1n) is 11.0. The number of carbonyl (C=O) groups is 1. The van der Waals surface area contributed by atoms with E-state index in [9.17, 15) is 31.1 Å². The predicted octanol–water partition coefficient (Wildman–Crippen LogP) is 7.03. The zero-order valence-corrected chi connectivity index (χ0v) is 20.9. The summed E-state index contributed by atoms with van der Waals surface area (Å²) in [5, 5.41) is -1.61. The van der Waals surface area contributed by atoms with Crippen LogP contribution in [0, 0.1) is 5.92 Å². The molecule has 1 atom stereocenters. The Balaban J connectivity index is 1.44. The normalized spacial score (nSPS) is 23.4. The monoisotopic (exact) mass is 584 g/mol. The lowest BCUT2D eigenvalue weighted by Gasteiger charge is -2.46. The zero-order chi connectivity index (χ0) is 27.0. The number of benzene rings is 2. The molecule has 3 aliphatic rings. The van der Waals surface area contributed by atoms with Crippen LogP contribution in [0.2, 0.25) is 10.0 Å². The van der Waals surface area contributed by atoms with Crippen LogP contribution in [-0.2, 0) is 26.3 Å². The molecule has 1 saturated heterocycles. The second kappa shape index (κ2) is 8.69. The Kier molecular flexibility index (Phi) is 6.22. The molecule has 1 N–H and O–H groups in total. The fraction of sp³-hybridized carbons (Fsp3) is 0.375. The van der Waals surface area contributed by atoms with E-state index in [-0.39, 0.29) is 29.2 Å². The quantitative estimate of drug-likeness (QED) is 0.309. The van der Waals surface area contributed by atoms with Crippen LogP contribution in [0.3, 0.4) is 0 Å². The number of likely N-dealkylation sites (tertiary alicyclic amines) is 1. The highest BCUT2D eigenvalue weighted by Crippen LogP contribution is 2.50. The molecule has 2 heterocycles. The van der Waals surface area contributed by atoms with Crippen molar-refractivity contribution in [1.29, 1.82) is 0 Å². The summed E-state index contributed by atoms with van der Waals surface area (Å²) in [4.78, 5) is 18.0. The molecule has 0 aromatic heterocycles. The summed E-state index contributed by atoms with van der Waals surface area (Å²) in [6.07, 6.45) is -7.80. The van der Waals surface area contributed by atoms with Crippen LogP contribution < -0.4 is 5.48 Å². The van der Waals surface area contributed by atoms with Gasteiger partial charge in [0.1, 0.15) is 4.87 Å². The van der Waals surface area contributed by atoms with Gasteiger partial charge in [-0.15, -0.1) is 11.6 Å². The molecule has 5 rings (SSSR count). The third kappa shape index (κ3) is 4.56. The van der Waals surface area contributed by atoms with Gasteiger partial charge in [-0.25, -0.2) is 0 Å². The van der Waals surface area contributed by atoms with Crippen LogP contribution in [0.15, 0.2) is 42.5 Å². The molecule has 0 bridgehead atoms. The molecule has 1 aliphatic carbocycles. The SMILES string of the molecule is O=C(C1CC1)N1CC(Cl)(c2ccc(C3=CC(c4cc(Cl)c(Cl)c(C(F)(F)F)c4)(C(F)(F)F)ON3)cc2)C1. The summed E-state index contributed by atoms with van der Waals surface area (Å²) < 4.78 is 83.0. The van der Waals surface area contributed by atoms with E-state index in [0.29, 0.717) is 30.8 Å². The summed E-state index contributed by atoms with van der Waals surface area (Å²) in [5.74, 6) is 0.144. The first kappa shape index (κ1) is 26.5. The van der Waals surface area contributed by atoms with E-state index in [4.69, 9.17) is 39.6 Å². The predicted molar refractivity (Wildman–Crippen MR) is 125 cm³/mol. The van der Waals surface area contributed by atoms with Gasteiger partial charge in [0.05, 0.1) is 21.3 Å². The number of hydroxylamine groups is 1. The third-order valence-electron chi connectivity index (χ3n) is 6.69. The minimum Gasteiger partial charge on any atom is -0.338 e. The van der Waals surface area contributed by atoms with E-state index in [0.717, 1.165) is 12.8 Å². The smallest absolute Gasteiger partial charge is 0.338 e. The van der Waals surface area contributed by atoms with Crippen molar-refractivity contribution in [2.45, 2.75) is 35.7 Å². The van der Waals surface area contributed by atoms with Crippen molar-refractivity contribution >= 4 is 46.4 Å². The number of nitrogens with zero attached hydrogens (tertiary/aromatic N) is 1. The number of alkyl halides is 7. The number of amides is 1. The fourth-order valence-corrected chi connectivity index (χ4v) is 5.28. The fourth-order valence-electron chi connectivity index (χ4n) is 4.43. The molecule has 2 aliphatic heterocycles. The van der Waals surface area contributed by atoms with Gasteiger partial charge in [-0.05, 0) is 42.2 Å². The van der Waals surface area contributed by atoms with Crippen LogP contribution in [-0.4, -0.2) is 30.1 Å². The van der Waals surface area contributed by atoms with E-state index >= 15 is 0 Å². The first-order chi connectivity index (χ1) is 17.1. The minimum absolute atomic E-state index is 0.0700. The maximum Gasteiger partial charge on any atom is 0.428 e. The van der Waals surface area contributed by atoms with Gasteiger partial charge in [-0.2, -0.15) is 26.3 Å². The number of nitrogens with one attached hydrogen (secondary N) is 1. The van der Waals surface area contributed by atoms with Gasteiger partial charge < -0.3 is 4.90 Å². The van der Waals surface area contributed by atoms with Gasteiger partial charge in [-0.1, -0.05) is 47.5 Å². The molecule has 1 amide bonds. The van der Waals surface area contributed by atoms with Crippen LogP contribution in [0.1, 0.15) is 35.1 Å². The van der Waals surface area contributed by atoms with E-state index in [1.165, 1.54) is 12.1 Å². The third-order valence-corrected chi connectivity index (χ3v) is 7.95. The molecule has 13 heteroatoms. The number of carbonyl (C=O) groups excluding carboxylic acids is 1. The van der Waals surface area contributed by atoms with Gasteiger partial charge in [0.2, 0.25) is 11.5 Å². The van der Waals surface area contributed by atoms with Crippen LogP contribution in [0.5, 0.6) is 0 Å². The molecule has 2 aromatic carbocycles. The molecular formula is C24H17Cl3F6N2O2. The Morgan fingerprint density at radius 2 is 1.62 bits per heavy atom. The summed E-state index contributed by atoms with van der Waals surface area (Å²) in [7, 11) is 0. The van der Waals surface area contributed by atoms with Gasteiger partial charge in [0.25, 0.3) is 0 Å². The topological polar surface area (TPSA) is 41.6 Å². The lowest BCUT2D eigenvalue weighted by atomic mass is 9.88. The van der Waals surface area contributed by atoms with Crippen molar-refractivity contribution in [2.24, 2.45) is 5.92 Å². The lowest BCUT2D eigenvalue weighted by Crippen LogP contribution is -2.58. The number of rotatable bonds is 4. The summed E-state index contributed by atoms with van der Waals surface area (Å²) in [6.45, 7) is 0.646. The van der Waals surface area contributed by atoms with Crippen molar-refractivity contribution in [1.82, 2.24) is 10.4 Å². The highest BCUT2D eigenvalue weighted by molar-refractivity contribution is 6.42. The Labute approximate surface area is 222 Å². The Hall–Kier alpha value is -2.14. The maximum absolute atomic E-state index is 14.3.